The van der Waals surface area contributed by atoms with Crippen LogP contribution in [0.1, 0.15) is 17.0 Å². The summed E-state index contributed by atoms with van der Waals surface area (Å²) in [7, 11) is -3.82. The quantitative estimate of drug-likeness (QED) is 0.822. The van der Waals surface area contributed by atoms with Gasteiger partial charge >= 0.3 is 0 Å². The maximum Gasteiger partial charge on any atom is 0.246 e. The van der Waals surface area contributed by atoms with E-state index in [-0.39, 0.29) is 22.9 Å². The number of aryl methyl sites for hydroxylation is 2. The van der Waals surface area contributed by atoms with E-state index in [0.29, 0.717) is 6.54 Å². The summed E-state index contributed by atoms with van der Waals surface area (Å²) in [6, 6.07) is 9.34. The van der Waals surface area contributed by atoms with Gasteiger partial charge in [-0.3, -0.25) is 4.79 Å². The third kappa shape index (κ3) is 3.92. The SMILES string of the molecule is Cc1noc(C)c1S(=O)(=O)NCC(=O)NCc1ccccc1. The monoisotopic (exact) mass is 323 g/mol. The second-order valence-corrected chi connectivity index (χ2v) is 6.44. The second-order valence-electron chi connectivity index (χ2n) is 4.74. The van der Waals surface area contributed by atoms with Crippen molar-refractivity contribution in [2.75, 3.05) is 6.54 Å². The van der Waals surface area contributed by atoms with Crippen molar-refractivity contribution in [2.24, 2.45) is 0 Å². The van der Waals surface area contributed by atoms with Gasteiger partial charge in [0.25, 0.3) is 0 Å². The first-order valence-electron chi connectivity index (χ1n) is 6.63. The number of nitrogens with zero attached hydrogens (tertiary/aromatic N) is 1. The van der Waals surface area contributed by atoms with Gasteiger partial charge in [0, 0.05) is 6.54 Å². The van der Waals surface area contributed by atoms with E-state index >= 15 is 0 Å². The Morgan fingerprint density at radius 2 is 1.91 bits per heavy atom. The van der Waals surface area contributed by atoms with E-state index in [9.17, 15) is 13.2 Å². The normalized spacial score (nSPS) is 11.4. The number of amides is 1. The Morgan fingerprint density at radius 1 is 1.23 bits per heavy atom. The molecule has 0 saturated carbocycles. The van der Waals surface area contributed by atoms with Crippen molar-refractivity contribution >= 4 is 15.9 Å². The van der Waals surface area contributed by atoms with Crippen LogP contribution in [-0.2, 0) is 21.4 Å². The van der Waals surface area contributed by atoms with Crippen LogP contribution in [-0.4, -0.2) is 26.0 Å². The molecule has 2 N–H and O–H groups in total. The first kappa shape index (κ1) is 16.2. The molecule has 7 nitrogen and oxygen atoms in total. The highest BCUT2D eigenvalue weighted by molar-refractivity contribution is 7.89. The summed E-state index contributed by atoms with van der Waals surface area (Å²) >= 11 is 0. The molecule has 2 rings (SSSR count). The molecule has 0 fully saturated rings. The van der Waals surface area contributed by atoms with Crippen LogP contribution >= 0.6 is 0 Å². The minimum absolute atomic E-state index is 0.0247. The molecule has 0 aliphatic heterocycles. The highest BCUT2D eigenvalue weighted by atomic mass is 32.2. The van der Waals surface area contributed by atoms with E-state index in [0.717, 1.165) is 5.56 Å². The van der Waals surface area contributed by atoms with Crippen molar-refractivity contribution in [1.82, 2.24) is 15.2 Å². The van der Waals surface area contributed by atoms with Crippen LogP contribution in [0.4, 0.5) is 0 Å². The number of nitrogens with one attached hydrogen (secondary N) is 2. The van der Waals surface area contributed by atoms with E-state index < -0.39 is 15.9 Å². The molecular weight excluding hydrogens is 306 g/mol. The fourth-order valence-electron chi connectivity index (χ4n) is 1.95. The fourth-order valence-corrected chi connectivity index (χ4v) is 3.26. The lowest BCUT2D eigenvalue weighted by molar-refractivity contribution is -0.120. The summed E-state index contributed by atoms with van der Waals surface area (Å²) in [6.45, 7) is 3.02. The van der Waals surface area contributed by atoms with Crippen molar-refractivity contribution in [3.05, 3.63) is 47.3 Å². The molecular formula is C14H17N3O4S. The lowest BCUT2D eigenvalue weighted by Gasteiger charge is -2.07. The number of rotatable bonds is 6. The van der Waals surface area contributed by atoms with E-state index in [2.05, 4.69) is 15.2 Å². The largest absolute Gasteiger partial charge is 0.360 e. The standard InChI is InChI=1S/C14H17N3O4S/c1-10-14(11(2)21-17-10)22(19,20)16-9-13(18)15-8-12-6-4-3-5-7-12/h3-7,16H,8-9H2,1-2H3,(H,15,18). The Labute approximate surface area is 128 Å². The summed E-state index contributed by atoms with van der Waals surface area (Å²) in [5.74, 6) is -0.228. The summed E-state index contributed by atoms with van der Waals surface area (Å²) in [6.07, 6.45) is 0. The average Bonchev–Trinajstić information content (AvgIpc) is 2.84. The number of aromatic nitrogens is 1. The second kappa shape index (κ2) is 6.71. The number of benzene rings is 1. The van der Waals surface area contributed by atoms with Gasteiger partial charge in [0.05, 0.1) is 6.54 Å². The number of hydrogen-bond acceptors (Lipinski definition) is 5. The van der Waals surface area contributed by atoms with Crippen molar-refractivity contribution < 1.29 is 17.7 Å². The molecule has 1 heterocycles. The Bertz CT molecular complexity index is 734. The molecule has 2 aromatic rings. The first-order valence-corrected chi connectivity index (χ1v) is 8.11. The van der Waals surface area contributed by atoms with Gasteiger partial charge < -0.3 is 9.84 Å². The lowest BCUT2D eigenvalue weighted by atomic mass is 10.2. The van der Waals surface area contributed by atoms with Gasteiger partial charge in [-0.2, -0.15) is 0 Å². The van der Waals surface area contributed by atoms with Crippen LogP contribution < -0.4 is 10.0 Å². The highest BCUT2D eigenvalue weighted by Gasteiger charge is 2.24. The lowest BCUT2D eigenvalue weighted by Crippen LogP contribution is -2.36. The van der Waals surface area contributed by atoms with Crippen molar-refractivity contribution in [2.45, 2.75) is 25.3 Å². The molecule has 0 unspecified atom stereocenters. The average molecular weight is 323 g/mol. The van der Waals surface area contributed by atoms with Gasteiger partial charge in [0.2, 0.25) is 15.9 Å². The van der Waals surface area contributed by atoms with Crippen LogP contribution in [0.2, 0.25) is 0 Å². The predicted molar refractivity (Wildman–Crippen MR) is 79.5 cm³/mol. The molecule has 118 valence electrons. The Balaban J connectivity index is 1.91. The summed E-state index contributed by atoms with van der Waals surface area (Å²) in [5, 5.41) is 6.23. The van der Waals surface area contributed by atoms with E-state index in [1.165, 1.54) is 13.8 Å². The molecule has 1 aromatic heterocycles. The Morgan fingerprint density at radius 3 is 2.50 bits per heavy atom. The van der Waals surface area contributed by atoms with Crippen LogP contribution in [0.15, 0.2) is 39.8 Å². The summed E-state index contributed by atoms with van der Waals surface area (Å²) in [5.41, 5.74) is 1.19. The van der Waals surface area contributed by atoms with E-state index in [4.69, 9.17) is 4.52 Å². The van der Waals surface area contributed by atoms with Crippen LogP contribution in [0.5, 0.6) is 0 Å². The summed E-state index contributed by atoms with van der Waals surface area (Å²) < 4.78 is 31.3. The van der Waals surface area contributed by atoms with E-state index in [1.54, 1.807) is 0 Å². The molecule has 0 bridgehead atoms. The van der Waals surface area contributed by atoms with Crippen molar-refractivity contribution in [1.29, 1.82) is 0 Å². The maximum absolute atomic E-state index is 12.1. The molecule has 1 aromatic carbocycles. The van der Waals surface area contributed by atoms with Crippen molar-refractivity contribution in [3.63, 3.8) is 0 Å². The minimum atomic E-state index is -3.82. The molecule has 0 atom stereocenters. The molecule has 1 amide bonds. The molecule has 22 heavy (non-hydrogen) atoms. The molecule has 8 heteroatoms. The van der Waals surface area contributed by atoms with Crippen LogP contribution in [0.25, 0.3) is 0 Å². The molecule has 0 aliphatic rings. The fraction of sp³-hybridized carbons (Fsp3) is 0.286. The highest BCUT2D eigenvalue weighted by Crippen LogP contribution is 2.18. The van der Waals surface area contributed by atoms with Gasteiger partial charge in [0.1, 0.15) is 10.6 Å². The molecule has 0 aliphatic carbocycles. The zero-order valence-corrected chi connectivity index (χ0v) is 13.1. The molecule has 0 spiro atoms. The third-order valence-electron chi connectivity index (χ3n) is 2.99. The summed E-state index contributed by atoms with van der Waals surface area (Å²) in [4.78, 5) is 11.7. The maximum atomic E-state index is 12.1. The van der Waals surface area contributed by atoms with Crippen LogP contribution in [0.3, 0.4) is 0 Å². The number of carbonyl (C=O) groups excluding carboxylic acids is 1. The predicted octanol–water partition coefficient (Wildman–Crippen LogP) is 0.886. The van der Waals surface area contributed by atoms with Gasteiger partial charge in [-0.25, -0.2) is 13.1 Å². The topological polar surface area (TPSA) is 101 Å². The number of sulfonamides is 1. The smallest absolute Gasteiger partial charge is 0.246 e. The Kier molecular flexibility index (Phi) is 4.94. The first-order chi connectivity index (χ1) is 10.4. The van der Waals surface area contributed by atoms with Gasteiger partial charge in [-0.15, -0.1) is 0 Å². The zero-order valence-electron chi connectivity index (χ0n) is 12.3. The van der Waals surface area contributed by atoms with Gasteiger partial charge in [-0.1, -0.05) is 35.5 Å². The zero-order chi connectivity index (χ0) is 16.2. The van der Waals surface area contributed by atoms with E-state index in [1.807, 2.05) is 30.3 Å². The minimum Gasteiger partial charge on any atom is -0.360 e. The van der Waals surface area contributed by atoms with Gasteiger partial charge in [-0.05, 0) is 19.4 Å². The number of carbonyl (C=O) groups is 1. The van der Waals surface area contributed by atoms with Crippen molar-refractivity contribution in [3.8, 4) is 0 Å². The molecule has 0 saturated heterocycles. The Hall–Kier alpha value is -2.19. The number of hydrogen-bond donors (Lipinski definition) is 2. The molecule has 0 radical (unpaired) electrons. The van der Waals surface area contributed by atoms with Gasteiger partial charge in [0.15, 0.2) is 5.76 Å². The third-order valence-corrected chi connectivity index (χ3v) is 4.64. The van der Waals surface area contributed by atoms with Crippen LogP contribution in [0, 0.1) is 13.8 Å².